The molecular formula is C17H19ClN6S. The fraction of sp³-hybridized carbons (Fsp3) is 0.412. The number of nitrogens with one attached hydrogen (secondary N) is 1. The van der Waals surface area contributed by atoms with E-state index in [1.165, 1.54) is 11.5 Å². The zero-order valence-corrected chi connectivity index (χ0v) is 15.7. The van der Waals surface area contributed by atoms with E-state index in [0.29, 0.717) is 5.95 Å². The number of rotatable bonds is 6. The summed E-state index contributed by atoms with van der Waals surface area (Å²) >= 11 is 7.81. The summed E-state index contributed by atoms with van der Waals surface area (Å²) in [6.07, 6.45) is 8.72. The molecule has 1 fully saturated rings. The number of alkyl halides is 1. The molecule has 1 N–H and O–H groups in total. The molecule has 3 aromatic heterocycles. The lowest BCUT2D eigenvalue weighted by atomic mass is 10.1. The van der Waals surface area contributed by atoms with Gasteiger partial charge in [-0.1, -0.05) is 6.92 Å². The summed E-state index contributed by atoms with van der Waals surface area (Å²) in [5.41, 5.74) is 3.97. The van der Waals surface area contributed by atoms with Crippen LogP contribution in [0.2, 0.25) is 0 Å². The molecule has 0 bridgehead atoms. The molecule has 4 rings (SSSR count). The predicted octanol–water partition coefficient (Wildman–Crippen LogP) is 4.18. The monoisotopic (exact) mass is 374 g/mol. The Morgan fingerprint density at radius 3 is 2.88 bits per heavy atom. The van der Waals surface area contributed by atoms with Gasteiger partial charge in [0, 0.05) is 18.0 Å². The maximum absolute atomic E-state index is 6.41. The van der Waals surface area contributed by atoms with Crippen molar-refractivity contribution in [2.45, 2.75) is 44.5 Å². The fourth-order valence-electron chi connectivity index (χ4n) is 2.66. The first-order chi connectivity index (χ1) is 12.0. The van der Waals surface area contributed by atoms with E-state index in [4.69, 9.17) is 16.6 Å². The molecule has 8 heteroatoms. The van der Waals surface area contributed by atoms with Gasteiger partial charge < -0.3 is 5.32 Å². The highest BCUT2D eigenvalue weighted by Gasteiger charge is 2.41. The van der Waals surface area contributed by atoms with Crippen LogP contribution in [-0.2, 0) is 13.0 Å². The van der Waals surface area contributed by atoms with Gasteiger partial charge in [0.15, 0.2) is 0 Å². The minimum atomic E-state index is -0.0979. The lowest BCUT2D eigenvalue weighted by Crippen LogP contribution is -2.11. The van der Waals surface area contributed by atoms with E-state index < -0.39 is 0 Å². The predicted molar refractivity (Wildman–Crippen MR) is 101 cm³/mol. The Kier molecular flexibility index (Phi) is 4.21. The van der Waals surface area contributed by atoms with Crippen molar-refractivity contribution in [3.63, 3.8) is 0 Å². The number of nitrogens with zero attached hydrogens (tertiary/aromatic N) is 5. The number of aryl methyl sites for hydroxylation is 2. The smallest absolute Gasteiger partial charge is 0.228 e. The third kappa shape index (κ3) is 3.67. The molecule has 0 atom stereocenters. The topological polar surface area (TPSA) is 68.5 Å². The number of hydrogen-bond acceptors (Lipinski definition) is 6. The van der Waals surface area contributed by atoms with Gasteiger partial charge in [0.1, 0.15) is 5.00 Å². The molecule has 0 saturated heterocycles. The summed E-state index contributed by atoms with van der Waals surface area (Å²) in [5, 5.41) is 8.61. The maximum Gasteiger partial charge on any atom is 0.228 e. The van der Waals surface area contributed by atoms with E-state index in [0.717, 1.165) is 53.3 Å². The second kappa shape index (κ2) is 6.38. The quantitative estimate of drug-likeness (QED) is 0.655. The summed E-state index contributed by atoms with van der Waals surface area (Å²) in [5.74, 6) is 0.569. The van der Waals surface area contributed by atoms with Crippen molar-refractivity contribution in [2.75, 3.05) is 5.32 Å². The number of hydrogen-bond donors (Lipinski definition) is 1. The summed E-state index contributed by atoms with van der Waals surface area (Å²) in [6, 6.07) is 1.98. The van der Waals surface area contributed by atoms with Crippen LogP contribution in [0.5, 0.6) is 0 Å². The van der Waals surface area contributed by atoms with E-state index in [1.54, 1.807) is 0 Å². The lowest BCUT2D eigenvalue weighted by molar-refractivity contribution is 0.583. The molecule has 1 aliphatic rings. The van der Waals surface area contributed by atoms with Crippen LogP contribution in [0, 0.1) is 6.92 Å². The largest absolute Gasteiger partial charge is 0.314 e. The molecule has 0 radical (unpaired) electrons. The van der Waals surface area contributed by atoms with Crippen LogP contribution in [0.25, 0.3) is 11.3 Å². The van der Waals surface area contributed by atoms with Crippen molar-refractivity contribution in [1.29, 1.82) is 0 Å². The normalized spacial score (nSPS) is 15.3. The molecule has 130 valence electrons. The second-order valence-electron chi connectivity index (χ2n) is 6.46. The molecule has 0 unspecified atom stereocenters. The highest BCUT2D eigenvalue weighted by Crippen LogP contribution is 2.43. The summed E-state index contributed by atoms with van der Waals surface area (Å²) in [6.45, 7) is 4.81. The minimum Gasteiger partial charge on any atom is -0.314 e. The summed E-state index contributed by atoms with van der Waals surface area (Å²) in [4.78, 5) is 9.04. The molecule has 0 aromatic carbocycles. The second-order valence-corrected chi connectivity index (χ2v) is 8.06. The molecular weight excluding hydrogens is 356 g/mol. The van der Waals surface area contributed by atoms with Gasteiger partial charge in [-0.2, -0.15) is 9.47 Å². The van der Waals surface area contributed by atoms with Crippen LogP contribution in [0.4, 0.5) is 10.9 Å². The van der Waals surface area contributed by atoms with Crippen LogP contribution < -0.4 is 5.32 Å². The number of anilines is 2. The first-order valence-corrected chi connectivity index (χ1v) is 9.48. The fourth-order valence-corrected chi connectivity index (χ4v) is 3.54. The van der Waals surface area contributed by atoms with Gasteiger partial charge in [0.25, 0.3) is 0 Å². The maximum atomic E-state index is 6.41. The van der Waals surface area contributed by atoms with E-state index in [-0.39, 0.29) is 4.87 Å². The Morgan fingerprint density at radius 1 is 1.36 bits per heavy atom. The molecule has 0 spiro atoms. The van der Waals surface area contributed by atoms with E-state index in [1.807, 2.05) is 36.3 Å². The zero-order chi connectivity index (χ0) is 17.4. The molecule has 1 aliphatic carbocycles. The average molecular weight is 375 g/mol. The van der Waals surface area contributed by atoms with Crippen molar-refractivity contribution in [2.24, 2.45) is 0 Å². The lowest BCUT2D eigenvalue weighted by Gasteiger charge is -2.08. The first-order valence-electron chi connectivity index (χ1n) is 8.33. The standard InChI is InChI=1S/C17H19ClN6S/c1-3-12-7-19-16(21-14-6-11(2)23-25-14)22-15(12)13-8-20-24(9-13)10-17(18)4-5-17/h6-9H,3-5,10H2,1-2H3,(H,19,21,22). The van der Waals surface area contributed by atoms with E-state index in [9.17, 15) is 0 Å². The highest BCUT2D eigenvalue weighted by molar-refractivity contribution is 7.10. The zero-order valence-electron chi connectivity index (χ0n) is 14.2. The highest BCUT2D eigenvalue weighted by atomic mass is 35.5. The summed E-state index contributed by atoms with van der Waals surface area (Å²) < 4.78 is 6.18. The molecule has 0 amide bonds. The van der Waals surface area contributed by atoms with Crippen molar-refractivity contribution >= 4 is 34.1 Å². The molecule has 3 heterocycles. The molecule has 0 aliphatic heterocycles. The Hall–Kier alpha value is -1.99. The van der Waals surface area contributed by atoms with Crippen LogP contribution in [-0.4, -0.2) is 29.0 Å². The molecule has 25 heavy (non-hydrogen) atoms. The van der Waals surface area contributed by atoms with Gasteiger partial charge in [0.05, 0.1) is 29.0 Å². The van der Waals surface area contributed by atoms with Crippen molar-refractivity contribution in [1.82, 2.24) is 24.1 Å². The Balaban J connectivity index is 1.61. The molecule has 3 aromatic rings. The molecule has 1 saturated carbocycles. The van der Waals surface area contributed by atoms with Gasteiger partial charge in [-0.3, -0.25) is 4.68 Å². The van der Waals surface area contributed by atoms with Crippen molar-refractivity contribution < 1.29 is 0 Å². The minimum absolute atomic E-state index is 0.0979. The van der Waals surface area contributed by atoms with Crippen LogP contribution in [0.15, 0.2) is 24.7 Å². The number of halogens is 1. The van der Waals surface area contributed by atoms with Gasteiger partial charge in [-0.15, -0.1) is 11.6 Å². The van der Waals surface area contributed by atoms with Crippen LogP contribution >= 0.6 is 23.1 Å². The third-order valence-corrected chi connectivity index (χ3v) is 5.55. The number of aromatic nitrogens is 5. The third-order valence-electron chi connectivity index (χ3n) is 4.25. The Morgan fingerprint density at radius 2 is 2.20 bits per heavy atom. The Bertz CT molecular complexity index is 898. The van der Waals surface area contributed by atoms with Crippen LogP contribution in [0.1, 0.15) is 31.0 Å². The van der Waals surface area contributed by atoms with Gasteiger partial charge in [-0.05, 0) is 49.3 Å². The van der Waals surface area contributed by atoms with E-state index in [2.05, 4.69) is 26.7 Å². The average Bonchev–Trinajstić information content (AvgIpc) is 2.97. The van der Waals surface area contributed by atoms with E-state index >= 15 is 0 Å². The van der Waals surface area contributed by atoms with Crippen LogP contribution in [0.3, 0.4) is 0 Å². The van der Waals surface area contributed by atoms with Gasteiger partial charge in [0.2, 0.25) is 5.95 Å². The first kappa shape index (κ1) is 16.5. The summed E-state index contributed by atoms with van der Waals surface area (Å²) in [7, 11) is 0. The van der Waals surface area contributed by atoms with Gasteiger partial charge >= 0.3 is 0 Å². The van der Waals surface area contributed by atoms with Crippen molar-refractivity contribution in [3.8, 4) is 11.3 Å². The Labute approximate surface area is 155 Å². The molecule has 6 nitrogen and oxygen atoms in total. The SMILES string of the molecule is CCc1cnc(Nc2cc(C)ns2)nc1-c1cnn(CC2(Cl)CC2)c1. The van der Waals surface area contributed by atoms with Gasteiger partial charge in [-0.25, -0.2) is 9.97 Å². The van der Waals surface area contributed by atoms with Crippen molar-refractivity contribution in [3.05, 3.63) is 35.9 Å².